The van der Waals surface area contributed by atoms with Crippen LogP contribution in [0.5, 0.6) is 0 Å². The SMILES string of the molecule is CCCNCc1cn(-c2ccc([N+](=O)[O-])cc2F)nn1. The van der Waals surface area contributed by atoms with Crippen LogP contribution < -0.4 is 5.32 Å². The molecule has 0 fully saturated rings. The molecule has 0 aliphatic heterocycles. The van der Waals surface area contributed by atoms with Gasteiger partial charge in [0.2, 0.25) is 0 Å². The van der Waals surface area contributed by atoms with E-state index in [9.17, 15) is 14.5 Å². The first kappa shape index (κ1) is 14.1. The normalized spacial score (nSPS) is 10.7. The van der Waals surface area contributed by atoms with Crippen LogP contribution in [0.2, 0.25) is 0 Å². The highest BCUT2D eigenvalue weighted by molar-refractivity contribution is 5.41. The van der Waals surface area contributed by atoms with Crippen LogP contribution in [-0.4, -0.2) is 26.5 Å². The third kappa shape index (κ3) is 3.15. The van der Waals surface area contributed by atoms with E-state index < -0.39 is 10.7 Å². The first-order valence-corrected chi connectivity index (χ1v) is 6.18. The number of hydrogen-bond donors (Lipinski definition) is 1. The fourth-order valence-corrected chi connectivity index (χ4v) is 1.69. The molecule has 0 atom stereocenters. The molecule has 106 valence electrons. The summed E-state index contributed by atoms with van der Waals surface area (Å²) in [4.78, 5) is 9.90. The smallest absolute Gasteiger partial charge is 0.272 e. The van der Waals surface area contributed by atoms with E-state index in [0.717, 1.165) is 19.0 Å². The molecular weight excluding hydrogens is 265 g/mol. The minimum atomic E-state index is -0.711. The van der Waals surface area contributed by atoms with Gasteiger partial charge in [0, 0.05) is 12.6 Å². The Labute approximate surface area is 114 Å². The van der Waals surface area contributed by atoms with Gasteiger partial charge in [0.1, 0.15) is 5.69 Å². The summed E-state index contributed by atoms with van der Waals surface area (Å²) in [5.74, 6) is -0.711. The van der Waals surface area contributed by atoms with Gasteiger partial charge >= 0.3 is 0 Å². The van der Waals surface area contributed by atoms with Crippen molar-refractivity contribution < 1.29 is 9.31 Å². The van der Waals surface area contributed by atoms with Gasteiger partial charge in [-0.05, 0) is 19.0 Å². The van der Waals surface area contributed by atoms with E-state index in [1.54, 1.807) is 6.20 Å². The first-order chi connectivity index (χ1) is 9.61. The Hall–Kier alpha value is -2.35. The van der Waals surface area contributed by atoms with Crippen LogP contribution >= 0.6 is 0 Å². The van der Waals surface area contributed by atoms with Crippen molar-refractivity contribution in [3.8, 4) is 5.69 Å². The van der Waals surface area contributed by atoms with E-state index in [0.29, 0.717) is 12.2 Å². The summed E-state index contributed by atoms with van der Waals surface area (Å²) in [7, 11) is 0. The highest BCUT2D eigenvalue weighted by Gasteiger charge is 2.13. The molecule has 0 radical (unpaired) electrons. The number of nitro benzene ring substituents is 1. The molecule has 0 saturated carbocycles. The van der Waals surface area contributed by atoms with E-state index in [1.807, 2.05) is 0 Å². The Morgan fingerprint density at radius 2 is 2.30 bits per heavy atom. The van der Waals surface area contributed by atoms with E-state index in [4.69, 9.17) is 0 Å². The van der Waals surface area contributed by atoms with Crippen LogP contribution in [0.25, 0.3) is 5.69 Å². The van der Waals surface area contributed by atoms with Crippen LogP contribution in [-0.2, 0) is 6.54 Å². The number of benzene rings is 1. The van der Waals surface area contributed by atoms with Crippen LogP contribution in [0.4, 0.5) is 10.1 Å². The van der Waals surface area contributed by atoms with E-state index in [2.05, 4.69) is 22.6 Å². The predicted molar refractivity (Wildman–Crippen MR) is 70.0 cm³/mol. The van der Waals surface area contributed by atoms with Gasteiger partial charge in [0.05, 0.1) is 22.9 Å². The van der Waals surface area contributed by atoms with Crippen LogP contribution in [0.3, 0.4) is 0 Å². The molecule has 2 aromatic rings. The molecule has 2 rings (SSSR count). The van der Waals surface area contributed by atoms with Gasteiger partial charge in [-0.1, -0.05) is 12.1 Å². The number of halogens is 1. The first-order valence-electron chi connectivity index (χ1n) is 6.18. The monoisotopic (exact) mass is 279 g/mol. The standard InChI is InChI=1S/C12H14FN5O2/c1-2-5-14-7-9-8-17(16-15-9)12-4-3-10(18(19)20)6-11(12)13/h3-4,6,8,14H,2,5,7H2,1H3. The maximum Gasteiger partial charge on any atom is 0.272 e. The molecule has 0 aliphatic rings. The molecule has 0 bridgehead atoms. The van der Waals surface area contributed by atoms with Crippen LogP contribution in [0.15, 0.2) is 24.4 Å². The van der Waals surface area contributed by atoms with E-state index in [1.165, 1.54) is 16.8 Å². The van der Waals surface area contributed by atoms with Gasteiger partial charge in [-0.25, -0.2) is 9.07 Å². The summed E-state index contributed by atoms with van der Waals surface area (Å²) in [6.45, 7) is 3.46. The van der Waals surface area contributed by atoms with Gasteiger partial charge in [-0.15, -0.1) is 5.10 Å². The van der Waals surface area contributed by atoms with Gasteiger partial charge < -0.3 is 5.32 Å². The second-order valence-corrected chi connectivity index (χ2v) is 4.22. The number of nitro groups is 1. The topological polar surface area (TPSA) is 85.9 Å². The van der Waals surface area contributed by atoms with Crippen molar-refractivity contribution in [2.45, 2.75) is 19.9 Å². The molecule has 1 heterocycles. The summed E-state index contributed by atoms with van der Waals surface area (Å²) in [6.07, 6.45) is 2.60. The number of nitrogens with one attached hydrogen (secondary N) is 1. The van der Waals surface area contributed by atoms with Crippen molar-refractivity contribution in [3.63, 3.8) is 0 Å². The maximum atomic E-state index is 13.8. The fourth-order valence-electron chi connectivity index (χ4n) is 1.69. The zero-order valence-corrected chi connectivity index (χ0v) is 10.9. The lowest BCUT2D eigenvalue weighted by Gasteiger charge is -2.01. The lowest BCUT2D eigenvalue weighted by molar-refractivity contribution is -0.385. The maximum absolute atomic E-state index is 13.8. The summed E-state index contributed by atoms with van der Waals surface area (Å²) in [5, 5.41) is 21.4. The van der Waals surface area contributed by atoms with Crippen molar-refractivity contribution in [2.24, 2.45) is 0 Å². The highest BCUT2D eigenvalue weighted by atomic mass is 19.1. The summed E-state index contributed by atoms with van der Waals surface area (Å²) >= 11 is 0. The van der Waals surface area contributed by atoms with Crippen molar-refractivity contribution >= 4 is 5.69 Å². The Morgan fingerprint density at radius 1 is 1.50 bits per heavy atom. The zero-order chi connectivity index (χ0) is 14.5. The second-order valence-electron chi connectivity index (χ2n) is 4.22. The average Bonchev–Trinajstić information content (AvgIpc) is 2.87. The minimum absolute atomic E-state index is 0.129. The Morgan fingerprint density at radius 3 is 2.95 bits per heavy atom. The molecule has 0 unspecified atom stereocenters. The van der Waals surface area contributed by atoms with Crippen molar-refractivity contribution in [1.29, 1.82) is 0 Å². The fraction of sp³-hybridized carbons (Fsp3) is 0.333. The molecule has 1 aromatic heterocycles. The Bertz CT molecular complexity index is 614. The van der Waals surface area contributed by atoms with Gasteiger partial charge in [0.15, 0.2) is 5.82 Å². The second kappa shape index (κ2) is 6.20. The van der Waals surface area contributed by atoms with Crippen molar-refractivity contribution in [3.05, 3.63) is 46.0 Å². The number of nitrogens with zero attached hydrogens (tertiary/aromatic N) is 4. The molecule has 0 spiro atoms. The Balaban J connectivity index is 2.17. The molecule has 0 amide bonds. The lowest BCUT2D eigenvalue weighted by Crippen LogP contribution is -2.13. The molecule has 7 nitrogen and oxygen atoms in total. The minimum Gasteiger partial charge on any atom is -0.311 e. The molecule has 0 saturated heterocycles. The molecule has 1 N–H and O–H groups in total. The number of hydrogen-bond acceptors (Lipinski definition) is 5. The third-order valence-corrected chi connectivity index (χ3v) is 2.66. The molecular formula is C12H14FN5O2. The van der Waals surface area contributed by atoms with Gasteiger partial charge in [-0.2, -0.15) is 0 Å². The van der Waals surface area contributed by atoms with E-state index in [-0.39, 0.29) is 11.4 Å². The highest BCUT2D eigenvalue weighted by Crippen LogP contribution is 2.19. The number of aromatic nitrogens is 3. The largest absolute Gasteiger partial charge is 0.311 e. The summed E-state index contributed by atoms with van der Waals surface area (Å²) in [5.41, 5.74) is 0.511. The number of rotatable bonds is 6. The van der Waals surface area contributed by atoms with Gasteiger partial charge in [-0.3, -0.25) is 10.1 Å². The quantitative estimate of drug-likeness (QED) is 0.495. The van der Waals surface area contributed by atoms with Crippen molar-refractivity contribution in [1.82, 2.24) is 20.3 Å². The zero-order valence-electron chi connectivity index (χ0n) is 10.9. The molecule has 0 aliphatic carbocycles. The molecule has 1 aromatic carbocycles. The lowest BCUT2D eigenvalue weighted by atomic mass is 10.2. The Kier molecular flexibility index (Phi) is 4.36. The van der Waals surface area contributed by atoms with Gasteiger partial charge in [0.25, 0.3) is 5.69 Å². The van der Waals surface area contributed by atoms with Crippen LogP contribution in [0, 0.1) is 15.9 Å². The predicted octanol–water partition coefficient (Wildman–Crippen LogP) is 1.81. The summed E-state index contributed by atoms with van der Waals surface area (Å²) < 4.78 is 15.1. The molecule has 20 heavy (non-hydrogen) atoms. The average molecular weight is 279 g/mol. The van der Waals surface area contributed by atoms with Crippen molar-refractivity contribution in [2.75, 3.05) is 6.54 Å². The van der Waals surface area contributed by atoms with E-state index >= 15 is 0 Å². The van der Waals surface area contributed by atoms with Crippen LogP contribution in [0.1, 0.15) is 19.0 Å². The third-order valence-electron chi connectivity index (χ3n) is 2.66. The number of non-ortho nitro benzene ring substituents is 1. The summed E-state index contributed by atoms with van der Waals surface area (Å²) in [6, 6.07) is 3.41. The molecule has 8 heteroatoms.